The fourth-order valence-corrected chi connectivity index (χ4v) is 4.50. The molecule has 4 aromatic rings. The molecule has 146 valence electrons. The van der Waals surface area contributed by atoms with Gasteiger partial charge in [0.1, 0.15) is 0 Å². The van der Waals surface area contributed by atoms with Crippen LogP contribution in [0.25, 0.3) is 22.0 Å². The highest BCUT2D eigenvalue weighted by molar-refractivity contribution is 7.89. The number of nitrogens with one attached hydrogen (secondary N) is 1. The van der Waals surface area contributed by atoms with Crippen molar-refractivity contribution in [1.82, 2.24) is 9.71 Å². The van der Waals surface area contributed by atoms with Crippen LogP contribution in [0.5, 0.6) is 0 Å². The van der Waals surface area contributed by atoms with Crippen molar-refractivity contribution in [1.29, 1.82) is 0 Å². The third-order valence-corrected chi connectivity index (χ3v) is 6.49. The van der Waals surface area contributed by atoms with E-state index in [2.05, 4.69) is 21.8 Å². The minimum absolute atomic E-state index is 0.206. The molecule has 29 heavy (non-hydrogen) atoms. The second-order valence-electron chi connectivity index (χ2n) is 6.63. The van der Waals surface area contributed by atoms with Gasteiger partial charge in [0.15, 0.2) is 0 Å². The molecule has 3 aromatic carbocycles. The lowest BCUT2D eigenvalue weighted by Crippen LogP contribution is -2.26. The molecule has 6 heteroatoms. The van der Waals surface area contributed by atoms with Crippen LogP contribution in [0.3, 0.4) is 0 Å². The summed E-state index contributed by atoms with van der Waals surface area (Å²) >= 11 is 5.84. The number of aromatic nitrogens is 1. The first-order valence-corrected chi connectivity index (χ1v) is 11.1. The van der Waals surface area contributed by atoms with Crippen molar-refractivity contribution in [2.45, 2.75) is 11.3 Å². The van der Waals surface area contributed by atoms with Crippen LogP contribution in [0.1, 0.15) is 5.56 Å². The lowest BCUT2D eigenvalue weighted by atomic mass is 9.96. The van der Waals surface area contributed by atoms with Crippen molar-refractivity contribution in [3.63, 3.8) is 0 Å². The summed E-state index contributed by atoms with van der Waals surface area (Å²) in [5.74, 6) is 0. The third-order valence-electron chi connectivity index (χ3n) is 4.77. The van der Waals surface area contributed by atoms with Gasteiger partial charge in [-0.15, -0.1) is 0 Å². The molecule has 1 aromatic heterocycles. The summed E-state index contributed by atoms with van der Waals surface area (Å²) in [5.41, 5.74) is 3.06. The van der Waals surface area contributed by atoms with E-state index in [9.17, 15) is 8.42 Å². The van der Waals surface area contributed by atoms with Crippen LogP contribution in [0.4, 0.5) is 0 Å². The second kappa shape index (κ2) is 8.33. The van der Waals surface area contributed by atoms with Gasteiger partial charge in [-0.1, -0.05) is 54.1 Å². The van der Waals surface area contributed by atoms with Gasteiger partial charge in [-0.05, 0) is 59.2 Å². The van der Waals surface area contributed by atoms with E-state index in [1.54, 1.807) is 18.3 Å². The SMILES string of the molecule is O=S(=O)(NCCc1ccc(-c2ccccn2)c2ccccc12)c1ccc(Cl)cc1. The Labute approximate surface area is 175 Å². The summed E-state index contributed by atoms with van der Waals surface area (Å²) in [6, 6.07) is 24.2. The molecule has 1 N–H and O–H groups in total. The van der Waals surface area contributed by atoms with Gasteiger partial charge in [0.2, 0.25) is 10.0 Å². The molecule has 0 saturated heterocycles. The van der Waals surface area contributed by atoms with E-state index in [1.165, 1.54) is 12.1 Å². The number of hydrogen-bond donors (Lipinski definition) is 1. The molecule has 0 bridgehead atoms. The molecule has 4 nitrogen and oxygen atoms in total. The first-order valence-electron chi connectivity index (χ1n) is 9.22. The maximum absolute atomic E-state index is 12.5. The van der Waals surface area contributed by atoms with Crippen LogP contribution in [0.2, 0.25) is 5.02 Å². The first-order chi connectivity index (χ1) is 14.0. The molecule has 0 aliphatic carbocycles. The van der Waals surface area contributed by atoms with Gasteiger partial charge < -0.3 is 0 Å². The largest absolute Gasteiger partial charge is 0.256 e. The van der Waals surface area contributed by atoms with E-state index < -0.39 is 10.0 Å². The molecule has 1 heterocycles. The van der Waals surface area contributed by atoms with E-state index >= 15 is 0 Å². The number of fused-ring (bicyclic) bond motifs is 1. The van der Waals surface area contributed by atoms with Crippen molar-refractivity contribution in [2.24, 2.45) is 0 Å². The van der Waals surface area contributed by atoms with Crippen molar-refractivity contribution < 1.29 is 8.42 Å². The van der Waals surface area contributed by atoms with Gasteiger partial charge in [-0.25, -0.2) is 13.1 Å². The Bertz CT molecular complexity index is 1240. The summed E-state index contributed by atoms with van der Waals surface area (Å²) in [6.45, 7) is 0.303. The van der Waals surface area contributed by atoms with Crippen molar-refractivity contribution >= 4 is 32.4 Å². The topological polar surface area (TPSA) is 59.1 Å². The number of benzene rings is 3. The summed E-state index contributed by atoms with van der Waals surface area (Å²) in [4.78, 5) is 4.67. The highest BCUT2D eigenvalue weighted by atomic mass is 35.5. The monoisotopic (exact) mass is 422 g/mol. The summed E-state index contributed by atoms with van der Waals surface area (Å²) in [7, 11) is -3.57. The lowest BCUT2D eigenvalue weighted by molar-refractivity contribution is 0.581. The molecule has 0 amide bonds. The first kappa shape index (κ1) is 19.6. The van der Waals surface area contributed by atoms with Crippen LogP contribution in [-0.2, 0) is 16.4 Å². The minimum Gasteiger partial charge on any atom is -0.256 e. The van der Waals surface area contributed by atoms with Crippen molar-refractivity contribution in [3.8, 4) is 11.3 Å². The number of sulfonamides is 1. The Morgan fingerprint density at radius 3 is 2.28 bits per heavy atom. The summed E-state index contributed by atoms with van der Waals surface area (Å²) in [6.07, 6.45) is 2.36. The normalized spacial score (nSPS) is 11.6. The van der Waals surface area contributed by atoms with Gasteiger partial charge in [0.05, 0.1) is 10.6 Å². The number of pyridine rings is 1. The number of rotatable bonds is 6. The van der Waals surface area contributed by atoms with Crippen molar-refractivity contribution in [2.75, 3.05) is 6.54 Å². The van der Waals surface area contributed by atoms with E-state index in [0.717, 1.165) is 27.6 Å². The molecule has 0 aliphatic rings. The second-order valence-corrected chi connectivity index (χ2v) is 8.84. The van der Waals surface area contributed by atoms with Crippen LogP contribution >= 0.6 is 11.6 Å². The van der Waals surface area contributed by atoms with Crippen LogP contribution in [-0.4, -0.2) is 19.9 Å². The summed E-state index contributed by atoms with van der Waals surface area (Å²) < 4.78 is 27.6. The van der Waals surface area contributed by atoms with E-state index in [-0.39, 0.29) is 4.90 Å². The predicted molar refractivity (Wildman–Crippen MR) is 118 cm³/mol. The van der Waals surface area contributed by atoms with Gasteiger partial charge >= 0.3 is 0 Å². The Morgan fingerprint density at radius 2 is 1.55 bits per heavy atom. The quantitative estimate of drug-likeness (QED) is 0.471. The molecular formula is C23H19ClN2O2S. The smallest absolute Gasteiger partial charge is 0.240 e. The fourth-order valence-electron chi connectivity index (χ4n) is 3.34. The zero-order chi connectivity index (χ0) is 20.3. The number of halogens is 1. The molecule has 0 fully saturated rings. The van der Waals surface area contributed by atoms with Crippen LogP contribution in [0.15, 0.2) is 90.0 Å². The Hall–Kier alpha value is -2.73. The zero-order valence-electron chi connectivity index (χ0n) is 15.5. The molecule has 4 rings (SSSR count). The molecule has 0 saturated carbocycles. The van der Waals surface area contributed by atoms with E-state index in [0.29, 0.717) is 18.0 Å². The molecule has 0 unspecified atom stereocenters. The van der Waals surface area contributed by atoms with Crippen LogP contribution < -0.4 is 4.72 Å². The maximum Gasteiger partial charge on any atom is 0.240 e. The van der Waals surface area contributed by atoms with E-state index in [1.807, 2.05) is 42.5 Å². The molecule has 0 aliphatic heterocycles. The molecule has 0 spiro atoms. The standard InChI is InChI=1S/C23H19ClN2O2S/c24-18-9-11-19(12-10-18)29(27,28)26-16-14-17-8-13-22(23-7-3-4-15-25-23)21-6-2-1-5-20(17)21/h1-13,15,26H,14,16H2. The lowest BCUT2D eigenvalue weighted by Gasteiger charge is -2.12. The zero-order valence-corrected chi connectivity index (χ0v) is 17.1. The Balaban J connectivity index is 1.57. The maximum atomic E-state index is 12.5. The predicted octanol–water partition coefficient (Wildman–Crippen LogP) is 5.08. The number of nitrogens with zero attached hydrogens (tertiary/aromatic N) is 1. The van der Waals surface area contributed by atoms with Gasteiger partial charge in [-0.2, -0.15) is 0 Å². The molecule has 0 atom stereocenters. The average molecular weight is 423 g/mol. The average Bonchev–Trinajstić information content (AvgIpc) is 2.75. The van der Waals surface area contributed by atoms with Crippen molar-refractivity contribution in [3.05, 3.63) is 95.6 Å². The molecule has 0 radical (unpaired) electrons. The fraction of sp³-hybridized carbons (Fsp3) is 0.0870. The van der Waals surface area contributed by atoms with Gasteiger partial charge in [0.25, 0.3) is 0 Å². The summed E-state index contributed by atoms with van der Waals surface area (Å²) in [5, 5.41) is 2.70. The minimum atomic E-state index is -3.57. The van der Waals surface area contributed by atoms with E-state index in [4.69, 9.17) is 11.6 Å². The Morgan fingerprint density at radius 1 is 0.828 bits per heavy atom. The van der Waals surface area contributed by atoms with Gasteiger partial charge in [0, 0.05) is 23.3 Å². The highest BCUT2D eigenvalue weighted by Crippen LogP contribution is 2.29. The number of hydrogen-bond acceptors (Lipinski definition) is 3. The van der Waals surface area contributed by atoms with Gasteiger partial charge in [-0.3, -0.25) is 4.98 Å². The third kappa shape index (κ3) is 4.32. The molecular weight excluding hydrogens is 404 g/mol. The Kier molecular flexibility index (Phi) is 5.62. The van der Waals surface area contributed by atoms with Crippen LogP contribution in [0, 0.1) is 0 Å². The highest BCUT2D eigenvalue weighted by Gasteiger charge is 2.14.